The highest BCUT2D eigenvalue weighted by Gasteiger charge is 2.25. The molecule has 0 radical (unpaired) electrons. The zero-order valence-electron chi connectivity index (χ0n) is 15.3. The minimum absolute atomic E-state index is 0.210. The Morgan fingerprint density at radius 3 is 2.78 bits per heavy atom. The van der Waals surface area contributed by atoms with Crippen molar-refractivity contribution in [3.8, 4) is 17.7 Å². The van der Waals surface area contributed by atoms with Crippen molar-refractivity contribution < 1.29 is 9.84 Å². The summed E-state index contributed by atoms with van der Waals surface area (Å²) in [6.07, 6.45) is 4.49. The third-order valence-corrected chi connectivity index (χ3v) is 4.78. The second-order valence-corrected chi connectivity index (χ2v) is 6.71. The number of methoxy groups -OCH3 is 1. The smallest absolute Gasteiger partial charge is 0.225 e. The predicted octanol–water partition coefficient (Wildman–Crippen LogP) is 2.55. The van der Waals surface area contributed by atoms with Crippen LogP contribution in [0.5, 0.6) is 5.88 Å². The molecule has 0 bridgehead atoms. The quantitative estimate of drug-likeness (QED) is 0.536. The Labute approximate surface area is 163 Å². The summed E-state index contributed by atoms with van der Waals surface area (Å²) in [5.41, 5.74) is 1.27. The Balaban J connectivity index is 1.88. The lowest BCUT2D eigenvalue weighted by atomic mass is 10.1. The lowest BCUT2D eigenvalue weighted by Gasteiger charge is -2.16. The van der Waals surface area contributed by atoms with Gasteiger partial charge in [0.05, 0.1) is 7.11 Å². The van der Waals surface area contributed by atoms with Crippen LogP contribution in [-0.2, 0) is 0 Å². The van der Waals surface area contributed by atoms with Crippen molar-refractivity contribution >= 4 is 23.4 Å². The molecule has 0 aliphatic heterocycles. The number of ether oxygens (including phenoxy) is 1. The number of anilines is 2. The lowest BCUT2D eigenvalue weighted by molar-refractivity contribution is 0.229. The summed E-state index contributed by atoms with van der Waals surface area (Å²) in [4.78, 5) is 12.9. The van der Waals surface area contributed by atoms with E-state index in [1.807, 2.05) is 6.07 Å². The van der Waals surface area contributed by atoms with Gasteiger partial charge in [0.1, 0.15) is 11.4 Å². The van der Waals surface area contributed by atoms with Gasteiger partial charge in [0.25, 0.3) is 0 Å². The molecular formula is C19H22ClN5O2. The highest BCUT2D eigenvalue weighted by molar-refractivity contribution is 6.31. The van der Waals surface area contributed by atoms with Crippen LogP contribution >= 0.6 is 11.6 Å². The van der Waals surface area contributed by atoms with Crippen LogP contribution in [0.25, 0.3) is 0 Å². The summed E-state index contributed by atoms with van der Waals surface area (Å²) >= 11 is 6.36. The molecule has 0 aromatic carbocycles. The van der Waals surface area contributed by atoms with E-state index in [1.165, 1.54) is 0 Å². The molecule has 142 valence electrons. The molecule has 3 rings (SSSR count). The van der Waals surface area contributed by atoms with Crippen LogP contribution < -0.4 is 15.4 Å². The first-order valence-corrected chi connectivity index (χ1v) is 9.15. The Kier molecular flexibility index (Phi) is 6.32. The van der Waals surface area contributed by atoms with E-state index in [4.69, 9.17) is 16.3 Å². The van der Waals surface area contributed by atoms with Crippen molar-refractivity contribution in [2.75, 3.05) is 31.4 Å². The summed E-state index contributed by atoms with van der Waals surface area (Å²) in [5, 5.41) is 16.0. The van der Waals surface area contributed by atoms with Gasteiger partial charge in [-0.15, -0.1) is 0 Å². The van der Waals surface area contributed by atoms with Crippen LogP contribution in [0.1, 0.15) is 30.4 Å². The first-order valence-electron chi connectivity index (χ1n) is 8.77. The molecule has 1 aliphatic carbocycles. The largest absolute Gasteiger partial charge is 0.481 e. The minimum Gasteiger partial charge on any atom is -0.481 e. The summed E-state index contributed by atoms with van der Waals surface area (Å²) in [5.74, 6) is 7.97. The Bertz CT molecular complexity index is 848. The average molecular weight is 388 g/mol. The molecular weight excluding hydrogens is 366 g/mol. The topological polar surface area (TPSA) is 92.2 Å². The molecule has 1 fully saturated rings. The van der Waals surface area contributed by atoms with Gasteiger partial charge in [0.2, 0.25) is 11.8 Å². The number of hydrogen-bond donors (Lipinski definition) is 3. The van der Waals surface area contributed by atoms with E-state index >= 15 is 0 Å². The fourth-order valence-electron chi connectivity index (χ4n) is 3.04. The van der Waals surface area contributed by atoms with Crippen molar-refractivity contribution in [1.29, 1.82) is 0 Å². The molecule has 7 nitrogen and oxygen atoms in total. The molecule has 1 unspecified atom stereocenters. The van der Waals surface area contributed by atoms with E-state index < -0.39 is 0 Å². The van der Waals surface area contributed by atoms with Crippen molar-refractivity contribution in [3.63, 3.8) is 0 Å². The molecule has 0 saturated heterocycles. The normalized spacial score (nSPS) is 18.5. The number of nitrogens with one attached hydrogen (secondary N) is 2. The van der Waals surface area contributed by atoms with Gasteiger partial charge in [-0.25, -0.2) is 4.98 Å². The van der Waals surface area contributed by atoms with Crippen LogP contribution in [0.15, 0.2) is 18.3 Å². The molecule has 2 aromatic rings. The molecule has 2 atom stereocenters. The van der Waals surface area contributed by atoms with E-state index in [2.05, 4.69) is 37.4 Å². The van der Waals surface area contributed by atoms with E-state index in [0.29, 0.717) is 29.1 Å². The van der Waals surface area contributed by atoms with Gasteiger partial charge in [-0.3, -0.25) is 0 Å². The van der Waals surface area contributed by atoms with Crippen LogP contribution in [-0.4, -0.2) is 46.9 Å². The van der Waals surface area contributed by atoms with Crippen molar-refractivity contribution in [1.82, 2.24) is 15.0 Å². The zero-order valence-corrected chi connectivity index (χ0v) is 16.0. The van der Waals surface area contributed by atoms with Gasteiger partial charge in [-0.2, -0.15) is 9.97 Å². The maximum Gasteiger partial charge on any atom is 0.225 e. The molecule has 0 spiro atoms. The molecule has 2 aromatic heterocycles. The number of pyridine rings is 1. The molecule has 2 heterocycles. The second kappa shape index (κ2) is 8.89. The number of aromatic nitrogens is 3. The monoisotopic (exact) mass is 387 g/mol. The van der Waals surface area contributed by atoms with Gasteiger partial charge in [0, 0.05) is 37.5 Å². The maximum atomic E-state index is 9.36. The van der Waals surface area contributed by atoms with Crippen molar-refractivity contribution in [2.24, 2.45) is 5.92 Å². The molecule has 8 heteroatoms. The van der Waals surface area contributed by atoms with E-state index in [-0.39, 0.29) is 17.8 Å². The number of aliphatic hydroxyl groups is 1. The second-order valence-electron chi connectivity index (χ2n) is 6.35. The summed E-state index contributed by atoms with van der Waals surface area (Å²) in [7, 11) is 3.30. The van der Waals surface area contributed by atoms with Gasteiger partial charge >= 0.3 is 0 Å². The van der Waals surface area contributed by atoms with Gasteiger partial charge in [-0.1, -0.05) is 23.4 Å². The molecule has 0 amide bonds. The number of hydrogen-bond acceptors (Lipinski definition) is 7. The molecule has 1 saturated carbocycles. The van der Waals surface area contributed by atoms with Crippen LogP contribution in [0.4, 0.5) is 11.8 Å². The van der Waals surface area contributed by atoms with Gasteiger partial charge in [0.15, 0.2) is 5.15 Å². The Hall–Kier alpha value is -2.56. The summed E-state index contributed by atoms with van der Waals surface area (Å²) in [6, 6.07) is 3.80. The standard InChI is InChI=1S/C19H22ClN5O2/c1-21-19-24-17(20)15(7-4-12-5-8-16(27-2)22-10-12)18(25-19)23-14-6-3-13(9-14)11-26/h5,8,10,13-14,26H,3,6,9,11H2,1-2H3,(H2,21,23,24,25)/t13-,14?/m1/s1. The zero-order chi connectivity index (χ0) is 19.2. The SMILES string of the molecule is CNc1nc(Cl)c(C#Cc2ccc(OC)nc2)c(NC2CC[C@@H](CO)C2)n1. The number of rotatable bonds is 5. The summed E-state index contributed by atoms with van der Waals surface area (Å²) in [6.45, 7) is 0.210. The number of halogens is 1. The first-order chi connectivity index (χ1) is 13.1. The van der Waals surface area contributed by atoms with E-state index in [0.717, 1.165) is 24.8 Å². The third-order valence-electron chi connectivity index (χ3n) is 4.51. The molecule has 1 aliphatic rings. The van der Waals surface area contributed by atoms with Crippen LogP contribution in [0.2, 0.25) is 5.15 Å². The maximum absolute atomic E-state index is 9.36. The minimum atomic E-state index is 0.210. The summed E-state index contributed by atoms with van der Waals surface area (Å²) < 4.78 is 5.05. The molecule has 27 heavy (non-hydrogen) atoms. The van der Waals surface area contributed by atoms with Crippen LogP contribution in [0, 0.1) is 17.8 Å². The van der Waals surface area contributed by atoms with Crippen molar-refractivity contribution in [3.05, 3.63) is 34.6 Å². The van der Waals surface area contributed by atoms with E-state index in [1.54, 1.807) is 26.4 Å². The highest BCUT2D eigenvalue weighted by Crippen LogP contribution is 2.30. The Morgan fingerprint density at radius 1 is 1.30 bits per heavy atom. The predicted molar refractivity (Wildman–Crippen MR) is 105 cm³/mol. The average Bonchev–Trinajstić information content (AvgIpc) is 3.15. The van der Waals surface area contributed by atoms with Crippen molar-refractivity contribution in [2.45, 2.75) is 25.3 Å². The first kappa shape index (κ1) is 19.2. The highest BCUT2D eigenvalue weighted by atomic mass is 35.5. The van der Waals surface area contributed by atoms with Crippen LogP contribution in [0.3, 0.4) is 0 Å². The van der Waals surface area contributed by atoms with Gasteiger partial charge < -0.3 is 20.5 Å². The fraction of sp³-hybridized carbons (Fsp3) is 0.421. The number of aliphatic hydroxyl groups excluding tert-OH is 1. The third kappa shape index (κ3) is 4.79. The lowest BCUT2D eigenvalue weighted by Crippen LogP contribution is -2.19. The Morgan fingerprint density at radius 2 is 2.15 bits per heavy atom. The fourth-order valence-corrected chi connectivity index (χ4v) is 3.25. The van der Waals surface area contributed by atoms with Gasteiger partial charge in [-0.05, 0) is 31.2 Å². The molecule has 3 N–H and O–H groups in total. The number of nitrogens with zero attached hydrogens (tertiary/aromatic N) is 3. The van der Waals surface area contributed by atoms with E-state index in [9.17, 15) is 5.11 Å².